The van der Waals surface area contributed by atoms with E-state index in [2.05, 4.69) is 58.2 Å². The van der Waals surface area contributed by atoms with E-state index >= 15 is 0 Å². The molecule has 0 radical (unpaired) electrons. The number of benzene rings is 3. The zero-order valence-electron chi connectivity index (χ0n) is 21.3. The summed E-state index contributed by atoms with van der Waals surface area (Å²) in [6, 6.07) is 27.2. The van der Waals surface area contributed by atoms with Crippen molar-refractivity contribution in [1.82, 2.24) is 14.5 Å². The van der Waals surface area contributed by atoms with Crippen molar-refractivity contribution in [1.29, 1.82) is 0 Å². The molecule has 0 atom stereocenters. The van der Waals surface area contributed by atoms with Gasteiger partial charge in [0.25, 0.3) is 5.91 Å². The second-order valence-electron chi connectivity index (χ2n) is 9.15. The first-order valence-corrected chi connectivity index (χ1v) is 14.3. The van der Waals surface area contributed by atoms with Crippen molar-refractivity contribution in [2.24, 2.45) is 0 Å². The summed E-state index contributed by atoms with van der Waals surface area (Å²) in [6.45, 7) is 5.11. The van der Waals surface area contributed by atoms with Crippen molar-refractivity contribution in [3.8, 4) is 5.75 Å². The van der Waals surface area contributed by atoms with Crippen LogP contribution in [0.4, 0.5) is 0 Å². The van der Waals surface area contributed by atoms with Gasteiger partial charge >= 0.3 is 0 Å². The molecule has 1 aliphatic rings. The molecular formula is C29H35N3O4S. The minimum absolute atomic E-state index is 0.0754. The second-order valence-corrected chi connectivity index (χ2v) is 10.9. The summed E-state index contributed by atoms with van der Waals surface area (Å²) in [5.41, 5.74) is 2.48. The van der Waals surface area contributed by atoms with Crippen molar-refractivity contribution in [2.75, 3.05) is 39.3 Å². The molecule has 3 aromatic rings. The monoisotopic (exact) mass is 521 g/mol. The quantitative estimate of drug-likeness (QED) is 0.385. The van der Waals surface area contributed by atoms with Gasteiger partial charge in [0.2, 0.25) is 10.0 Å². The lowest BCUT2D eigenvalue weighted by molar-refractivity contribution is -0.135. The fraction of sp³-hybridized carbons (Fsp3) is 0.345. The van der Waals surface area contributed by atoms with Crippen molar-refractivity contribution >= 4 is 15.9 Å². The van der Waals surface area contributed by atoms with Crippen LogP contribution in [0, 0.1) is 0 Å². The molecule has 1 aliphatic heterocycles. The molecule has 3 aromatic carbocycles. The predicted molar refractivity (Wildman–Crippen MR) is 145 cm³/mol. The average Bonchev–Trinajstić information content (AvgIpc) is 2.94. The molecule has 37 heavy (non-hydrogen) atoms. The van der Waals surface area contributed by atoms with Crippen LogP contribution in [0.2, 0.25) is 0 Å². The molecule has 0 aromatic heterocycles. The van der Waals surface area contributed by atoms with Gasteiger partial charge in [-0.15, -0.1) is 0 Å². The van der Waals surface area contributed by atoms with E-state index in [0.29, 0.717) is 25.4 Å². The van der Waals surface area contributed by atoms with Gasteiger partial charge in [-0.3, -0.25) is 9.69 Å². The lowest BCUT2D eigenvalue weighted by Crippen LogP contribution is -2.51. The molecule has 1 saturated heterocycles. The maximum absolute atomic E-state index is 12.8. The van der Waals surface area contributed by atoms with E-state index < -0.39 is 10.0 Å². The maximum Gasteiger partial charge on any atom is 0.260 e. The van der Waals surface area contributed by atoms with Crippen LogP contribution in [0.3, 0.4) is 0 Å². The Kier molecular flexibility index (Phi) is 9.33. The fourth-order valence-electron chi connectivity index (χ4n) is 4.53. The normalized spacial score (nSPS) is 14.6. The number of carbonyl (C=O) groups excluding carboxylic acids is 1. The standard InChI is InChI=1S/C29H35N3O4S/c1-2-3-18-30-37(34,35)27-16-14-26(15-17-27)36-23-28(33)31-19-21-32(22-20-31)29(24-10-6-4-7-11-24)25-12-8-5-9-13-25/h4-17,29-30H,2-3,18-23H2,1H3. The lowest BCUT2D eigenvalue weighted by atomic mass is 9.96. The Balaban J connectivity index is 1.31. The van der Waals surface area contributed by atoms with E-state index in [1.54, 1.807) is 12.1 Å². The third-order valence-corrected chi connectivity index (χ3v) is 8.06. The van der Waals surface area contributed by atoms with Crippen molar-refractivity contribution in [2.45, 2.75) is 30.7 Å². The Bertz CT molecular complexity index is 1190. The minimum atomic E-state index is -3.54. The van der Waals surface area contributed by atoms with Gasteiger partial charge in [0.1, 0.15) is 5.75 Å². The molecule has 0 spiro atoms. The Hall–Kier alpha value is -3.20. The van der Waals surface area contributed by atoms with Crippen LogP contribution in [-0.4, -0.2) is 63.5 Å². The molecule has 1 N–H and O–H groups in total. The summed E-state index contributed by atoms with van der Waals surface area (Å²) >= 11 is 0. The molecule has 4 rings (SSSR count). The number of ether oxygens (including phenoxy) is 1. The van der Waals surface area contributed by atoms with E-state index in [9.17, 15) is 13.2 Å². The molecule has 0 unspecified atom stereocenters. The largest absolute Gasteiger partial charge is 0.484 e. The van der Waals surface area contributed by atoms with Crippen LogP contribution in [-0.2, 0) is 14.8 Å². The highest BCUT2D eigenvalue weighted by atomic mass is 32.2. The van der Waals surface area contributed by atoms with Crippen molar-refractivity contribution < 1.29 is 17.9 Å². The molecule has 0 saturated carbocycles. The molecule has 8 heteroatoms. The molecule has 0 bridgehead atoms. The molecule has 1 fully saturated rings. The summed E-state index contributed by atoms with van der Waals surface area (Å²) in [7, 11) is -3.54. The molecular weight excluding hydrogens is 486 g/mol. The number of hydrogen-bond acceptors (Lipinski definition) is 5. The first-order chi connectivity index (χ1) is 18.0. The van der Waals surface area contributed by atoms with E-state index in [1.165, 1.54) is 23.3 Å². The number of unbranched alkanes of at least 4 members (excludes halogenated alkanes) is 1. The van der Waals surface area contributed by atoms with E-state index in [0.717, 1.165) is 25.9 Å². The van der Waals surface area contributed by atoms with Gasteiger partial charge < -0.3 is 9.64 Å². The number of hydrogen-bond donors (Lipinski definition) is 1. The van der Waals surface area contributed by atoms with Crippen molar-refractivity contribution in [3.05, 3.63) is 96.1 Å². The highest BCUT2D eigenvalue weighted by Crippen LogP contribution is 2.29. The highest BCUT2D eigenvalue weighted by Gasteiger charge is 2.28. The predicted octanol–water partition coefficient (Wildman–Crippen LogP) is 4.08. The Morgan fingerprint density at radius 2 is 1.43 bits per heavy atom. The number of rotatable bonds is 11. The number of sulfonamides is 1. The maximum atomic E-state index is 12.8. The van der Waals surface area contributed by atoms with Gasteiger partial charge in [-0.05, 0) is 41.8 Å². The third kappa shape index (κ3) is 7.19. The Morgan fingerprint density at radius 1 is 0.865 bits per heavy atom. The van der Waals surface area contributed by atoms with Gasteiger partial charge in [-0.25, -0.2) is 13.1 Å². The Morgan fingerprint density at radius 3 is 1.97 bits per heavy atom. The summed E-state index contributed by atoms with van der Waals surface area (Å²) < 4.78 is 32.9. The van der Waals surface area contributed by atoms with Gasteiger partial charge in [-0.1, -0.05) is 74.0 Å². The molecule has 7 nitrogen and oxygen atoms in total. The van der Waals surface area contributed by atoms with Crippen LogP contribution in [0.25, 0.3) is 0 Å². The number of amides is 1. The van der Waals surface area contributed by atoms with E-state index in [4.69, 9.17) is 4.74 Å². The van der Waals surface area contributed by atoms with Crippen LogP contribution in [0.1, 0.15) is 36.9 Å². The summed E-state index contributed by atoms with van der Waals surface area (Å²) in [4.78, 5) is 17.3. The number of piperazine rings is 1. The van der Waals surface area contributed by atoms with Gasteiger partial charge in [-0.2, -0.15) is 0 Å². The fourth-order valence-corrected chi connectivity index (χ4v) is 5.61. The Labute approximate surface area is 220 Å². The third-order valence-electron chi connectivity index (χ3n) is 6.58. The van der Waals surface area contributed by atoms with Crippen LogP contribution in [0.15, 0.2) is 89.8 Å². The second kappa shape index (κ2) is 12.9. The topological polar surface area (TPSA) is 78.9 Å². The van der Waals surface area contributed by atoms with Gasteiger partial charge in [0, 0.05) is 32.7 Å². The lowest BCUT2D eigenvalue weighted by Gasteiger charge is -2.39. The summed E-state index contributed by atoms with van der Waals surface area (Å²) in [5.74, 6) is 0.390. The molecule has 1 heterocycles. The first kappa shape index (κ1) is 26.9. The number of nitrogens with zero attached hydrogens (tertiary/aromatic N) is 2. The average molecular weight is 522 g/mol. The smallest absolute Gasteiger partial charge is 0.260 e. The molecule has 196 valence electrons. The van der Waals surface area contributed by atoms with Crippen molar-refractivity contribution in [3.63, 3.8) is 0 Å². The SMILES string of the molecule is CCCCNS(=O)(=O)c1ccc(OCC(=O)N2CCN(C(c3ccccc3)c3ccccc3)CC2)cc1. The zero-order chi connectivity index (χ0) is 26.1. The molecule has 0 aliphatic carbocycles. The van der Waals surface area contributed by atoms with E-state index in [-0.39, 0.29) is 23.5 Å². The van der Waals surface area contributed by atoms with E-state index in [1.807, 2.05) is 24.0 Å². The zero-order valence-corrected chi connectivity index (χ0v) is 22.1. The van der Waals surface area contributed by atoms with Crippen LogP contribution < -0.4 is 9.46 Å². The summed E-state index contributed by atoms with van der Waals surface area (Å²) in [5, 5.41) is 0. The van der Waals surface area contributed by atoms with Gasteiger partial charge in [0.05, 0.1) is 10.9 Å². The number of carbonyl (C=O) groups is 1. The summed E-state index contributed by atoms with van der Waals surface area (Å²) in [6.07, 6.45) is 1.70. The number of nitrogens with one attached hydrogen (secondary N) is 1. The highest BCUT2D eigenvalue weighted by molar-refractivity contribution is 7.89. The minimum Gasteiger partial charge on any atom is -0.484 e. The first-order valence-electron chi connectivity index (χ1n) is 12.8. The van der Waals surface area contributed by atoms with Crippen LogP contribution >= 0.6 is 0 Å². The van der Waals surface area contributed by atoms with Gasteiger partial charge in [0.15, 0.2) is 6.61 Å². The molecule has 1 amide bonds. The van der Waals surface area contributed by atoms with Crippen LogP contribution in [0.5, 0.6) is 5.75 Å².